The van der Waals surface area contributed by atoms with Gasteiger partial charge < -0.3 is 5.32 Å². The van der Waals surface area contributed by atoms with E-state index in [1.165, 1.54) is 0 Å². The van der Waals surface area contributed by atoms with Gasteiger partial charge in [0.1, 0.15) is 12.7 Å². The highest BCUT2D eigenvalue weighted by Gasteiger charge is 2.09. The fraction of sp³-hybridized carbons (Fsp3) is 0.125. The first-order valence-electron chi connectivity index (χ1n) is 6.70. The lowest BCUT2D eigenvalue weighted by atomic mass is 10.1. The Labute approximate surface area is 128 Å². The van der Waals surface area contributed by atoms with Crippen LogP contribution in [0.25, 0.3) is 5.69 Å². The lowest BCUT2D eigenvalue weighted by Gasteiger charge is -2.17. The summed E-state index contributed by atoms with van der Waals surface area (Å²) >= 11 is 6.24. The molecule has 1 heterocycles. The lowest BCUT2D eigenvalue weighted by molar-refractivity contribution is 0.884. The van der Waals surface area contributed by atoms with E-state index >= 15 is 0 Å². The van der Waals surface area contributed by atoms with E-state index in [1.807, 2.05) is 47.0 Å². The van der Waals surface area contributed by atoms with E-state index in [0.717, 1.165) is 22.0 Å². The highest BCUT2D eigenvalue weighted by Crippen LogP contribution is 2.26. The molecule has 2 aromatic carbocycles. The smallest absolute Gasteiger partial charge is 0.123 e. The third-order valence-electron chi connectivity index (χ3n) is 3.32. The average Bonchev–Trinajstić information content (AvgIpc) is 3.02. The van der Waals surface area contributed by atoms with Gasteiger partial charge in [-0.2, -0.15) is 0 Å². The number of rotatable bonds is 4. The maximum atomic E-state index is 6.24. The van der Waals surface area contributed by atoms with E-state index in [1.54, 1.807) is 12.7 Å². The Morgan fingerprint density at radius 1 is 1.05 bits per heavy atom. The van der Waals surface area contributed by atoms with E-state index in [0.29, 0.717) is 0 Å². The van der Waals surface area contributed by atoms with E-state index in [-0.39, 0.29) is 6.04 Å². The van der Waals surface area contributed by atoms with Gasteiger partial charge in [-0.1, -0.05) is 35.9 Å². The average molecular weight is 299 g/mol. The van der Waals surface area contributed by atoms with Crippen LogP contribution in [-0.4, -0.2) is 14.8 Å². The Bertz CT molecular complexity index is 725. The van der Waals surface area contributed by atoms with Gasteiger partial charge in [0.05, 0.1) is 5.69 Å². The van der Waals surface area contributed by atoms with Crippen molar-refractivity contribution in [2.45, 2.75) is 13.0 Å². The van der Waals surface area contributed by atoms with Crippen molar-refractivity contribution in [3.8, 4) is 5.69 Å². The molecule has 0 saturated carbocycles. The van der Waals surface area contributed by atoms with Gasteiger partial charge in [-0.25, -0.2) is 0 Å². The SMILES string of the molecule is CC(Nc1cccc(-n2cnnc2)c1)c1ccccc1Cl. The number of hydrogen-bond acceptors (Lipinski definition) is 3. The van der Waals surface area contributed by atoms with Gasteiger partial charge in [0.25, 0.3) is 0 Å². The summed E-state index contributed by atoms with van der Waals surface area (Å²) in [7, 11) is 0. The second kappa shape index (κ2) is 5.97. The molecular formula is C16H15ClN4. The third kappa shape index (κ3) is 3.06. The number of halogens is 1. The molecule has 0 saturated heterocycles. The van der Waals surface area contributed by atoms with Crippen LogP contribution in [0.5, 0.6) is 0 Å². The number of aromatic nitrogens is 3. The molecule has 0 aliphatic carbocycles. The van der Waals surface area contributed by atoms with Crippen molar-refractivity contribution in [1.82, 2.24) is 14.8 Å². The molecule has 1 unspecified atom stereocenters. The summed E-state index contributed by atoms with van der Waals surface area (Å²) in [6.07, 6.45) is 3.35. The summed E-state index contributed by atoms with van der Waals surface area (Å²) in [4.78, 5) is 0. The van der Waals surface area contributed by atoms with Crippen molar-refractivity contribution in [3.05, 3.63) is 71.8 Å². The molecule has 0 fully saturated rings. The van der Waals surface area contributed by atoms with Crippen molar-refractivity contribution in [2.75, 3.05) is 5.32 Å². The van der Waals surface area contributed by atoms with Crippen LogP contribution >= 0.6 is 11.6 Å². The molecule has 0 bridgehead atoms. The minimum absolute atomic E-state index is 0.120. The van der Waals surface area contributed by atoms with Gasteiger partial charge in [-0.3, -0.25) is 4.57 Å². The maximum absolute atomic E-state index is 6.24. The molecule has 1 aromatic heterocycles. The molecule has 0 spiro atoms. The molecule has 5 heteroatoms. The Morgan fingerprint density at radius 2 is 1.81 bits per heavy atom. The first-order valence-corrected chi connectivity index (χ1v) is 7.08. The van der Waals surface area contributed by atoms with Gasteiger partial charge in [-0.05, 0) is 36.8 Å². The summed E-state index contributed by atoms with van der Waals surface area (Å²) < 4.78 is 1.87. The van der Waals surface area contributed by atoms with Crippen LogP contribution in [-0.2, 0) is 0 Å². The van der Waals surface area contributed by atoms with Crippen molar-refractivity contribution in [1.29, 1.82) is 0 Å². The standard InChI is InChI=1S/C16H15ClN4/c1-12(15-7-2-3-8-16(15)17)20-13-5-4-6-14(9-13)21-10-18-19-11-21/h2-12,20H,1H3. The maximum Gasteiger partial charge on any atom is 0.123 e. The molecule has 0 radical (unpaired) electrons. The van der Waals surface area contributed by atoms with Crippen LogP contribution in [0, 0.1) is 0 Å². The number of hydrogen-bond donors (Lipinski definition) is 1. The summed E-state index contributed by atoms with van der Waals surface area (Å²) in [5.74, 6) is 0. The van der Waals surface area contributed by atoms with Crippen LogP contribution in [0.3, 0.4) is 0 Å². The lowest BCUT2D eigenvalue weighted by Crippen LogP contribution is -2.07. The highest BCUT2D eigenvalue weighted by molar-refractivity contribution is 6.31. The predicted octanol–water partition coefficient (Wildman–Crippen LogP) is 4.09. The molecule has 3 rings (SSSR count). The first-order chi connectivity index (χ1) is 10.2. The van der Waals surface area contributed by atoms with E-state index in [9.17, 15) is 0 Å². The quantitative estimate of drug-likeness (QED) is 0.789. The van der Waals surface area contributed by atoms with Crippen molar-refractivity contribution in [2.24, 2.45) is 0 Å². The Balaban J connectivity index is 1.82. The van der Waals surface area contributed by atoms with Gasteiger partial charge in [0.15, 0.2) is 0 Å². The van der Waals surface area contributed by atoms with Crippen LogP contribution in [0.15, 0.2) is 61.2 Å². The molecule has 0 aliphatic rings. The van der Waals surface area contributed by atoms with Gasteiger partial charge >= 0.3 is 0 Å². The Morgan fingerprint density at radius 3 is 2.57 bits per heavy atom. The first kappa shape index (κ1) is 13.6. The molecule has 0 amide bonds. The van der Waals surface area contributed by atoms with E-state index in [2.05, 4.69) is 28.5 Å². The molecule has 106 valence electrons. The monoisotopic (exact) mass is 298 g/mol. The van der Waals surface area contributed by atoms with Crippen LogP contribution < -0.4 is 5.32 Å². The number of nitrogens with zero attached hydrogens (tertiary/aromatic N) is 3. The summed E-state index contributed by atoms with van der Waals surface area (Å²) in [6.45, 7) is 2.09. The summed E-state index contributed by atoms with van der Waals surface area (Å²) in [5.41, 5.74) is 3.11. The van der Waals surface area contributed by atoms with Crippen molar-refractivity contribution in [3.63, 3.8) is 0 Å². The normalized spacial score (nSPS) is 12.1. The zero-order valence-electron chi connectivity index (χ0n) is 11.6. The fourth-order valence-electron chi connectivity index (χ4n) is 2.24. The summed E-state index contributed by atoms with van der Waals surface area (Å²) in [6, 6.07) is 16.1. The van der Waals surface area contributed by atoms with Crippen LogP contribution in [0.1, 0.15) is 18.5 Å². The second-order valence-corrected chi connectivity index (χ2v) is 5.21. The van der Waals surface area contributed by atoms with Crippen molar-refractivity contribution >= 4 is 17.3 Å². The molecule has 3 aromatic rings. The molecule has 0 aliphatic heterocycles. The zero-order valence-corrected chi connectivity index (χ0v) is 12.3. The number of benzene rings is 2. The van der Waals surface area contributed by atoms with Gasteiger partial charge in [0, 0.05) is 16.8 Å². The Hall–Kier alpha value is -2.33. The van der Waals surface area contributed by atoms with Gasteiger partial charge in [0.2, 0.25) is 0 Å². The number of anilines is 1. The number of nitrogens with one attached hydrogen (secondary N) is 1. The summed E-state index contributed by atoms with van der Waals surface area (Å²) in [5, 5.41) is 11.9. The van der Waals surface area contributed by atoms with Crippen molar-refractivity contribution < 1.29 is 0 Å². The molecule has 21 heavy (non-hydrogen) atoms. The van der Waals surface area contributed by atoms with E-state index in [4.69, 9.17) is 11.6 Å². The molecule has 1 N–H and O–H groups in total. The third-order valence-corrected chi connectivity index (χ3v) is 3.66. The predicted molar refractivity (Wildman–Crippen MR) is 84.8 cm³/mol. The fourth-order valence-corrected chi connectivity index (χ4v) is 2.54. The van der Waals surface area contributed by atoms with Gasteiger partial charge in [-0.15, -0.1) is 10.2 Å². The zero-order chi connectivity index (χ0) is 14.7. The molecular weight excluding hydrogens is 284 g/mol. The highest BCUT2D eigenvalue weighted by atomic mass is 35.5. The second-order valence-electron chi connectivity index (χ2n) is 4.81. The molecule has 1 atom stereocenters. The topological polar surface area (TPSA) is 42.7 Å². The van der Waals surface area contributed by atoms with Crippen LogP contribution in [0.4, 0.5) is 5.69 Å². The van der Waals surface area contributed by atoms with E-state index < -0.39 is 0 Å². The molecule has 4 nitrogen and oxygen atoms in total. The largest absolute Gasteiger partial charge is 0.378 e. The minimum Gasteiger partial charge on any atom is -0.378 e. The Kier molecular flexibility index (Phi) is 3.88. The van der Waals surface area contributed by atoms with Crippen LogP contribution in [0.2, 0.25) is 5.02 Å². The minimum atomic E-state index is 0.120.